The first-order chi connectivity index (χ1) is 18.8. The van der Waals surface area contributed by atoms with Crippen molar-refractivity contribution in [3.63, 3.8) is 0 Å². The molecule has 39 heavy (non-hydrogen) atoms. The third-order valence-electron chi connectivity index (χ3n) is 7.78. The number of nitrogens with zero attached hydrogens (tertiary/aromatic N) is 2. The summed E-state index contributed by atoms with van der Waals surface area (Å²) >= 11 is 0. The number of amides is 2. The number of benzene rings is 2. The standard InChI is InChI=1S/C30H40FN3O5/c1-20-16-34(17-22-11-13-38-14-12-22)21(2)19-39-27-10-9-23(32-29(35)24-7-5-6-8-26(24)31)15-25(27)30(36)33(3)18-28(20)37-4/h5-10,15,20-22,28H,11-14,16-19H2,1-4H3,(H,32,35)/t20-,21+,28-/m0/s1. The molecule has 8 nitrogen and oxygen atoms in total. The van der Waals surface area contributed by atoms with Gasteiger partial charge in [0.2, 0.25) is 0 Å². The molecule has 2 aromatic rings. The van der Waals surface area contributed by atoms with E-state index in [0.29, 0.717) is 36.1 Å². The summed E-state index contributed by atoms with van der Waals surface area (Å²) in [6, 6.07) is 10.8. The van der Waals surface area contributed by atoms with Gasteiger partial charge in [-0.05, 0) is 61.9 Å². The lowest BCUT2D eigenvalue weighted by Gasteiger charge is -2.38. The summed E-state index contributed by atoms with van der Waals surface area (Å²) in [6.07, 6.45) is 1.94. The zero-order chi connectivity index (χ0) is 27.9. The normalized spacial score (nSPS) is 23.8. The van der Waals surface area contributed by atoms with Gasteiger partial charge in [0.1, 0.15) is 18.2 Å². The number of carbonyl (C=O) groups excluding carboxylic acids is 2. The Hall–Kier alpha value is -3.01. The average molecular weight is 542 g/mol. The highest BCUT2D eigenvalue weighted by Gasteiger charge is 2.30. The number of halogens is 1. The molecule has 1 fully saturated rings. The van der Waals surface area contributed by atoms with Gasteiger partial charge in [-0.1, -0.05) is 19.1 Å². The smallest absolute Gasteiger partial charge is 0.258 e. The van der Waals surface area contributed by atoms with Crippen molar-refractivity contribution in [2.45, 2.75) is 38.8 Å². The summed E-state index contributed by atoms with van der Waals surface area (Å²) in [5, 5.41) is 2.71. The van der Waals surface area contributed by atoms with Crippen LogP contribution in [0.5, 0.6) is 5.75 Å². The molecule has 0 aromatic heterocycles. The number of methoxy groups -OCH3 is 1. The fraction of sp³-hybridized carbons (Fsp3) is 0.533. The van der Waals surface area contributed by atoms with E-state index in [0.717, 1.165) is 39.1 Å². The van der Waals surface area contributed by atoms with Crippen LogP contribution in [-0.4, -0.2) is 87.4 Å². The van der Waals surface area contributed by atoms with Crippen molar-refractivity contribution >= 4 is 17.5 Å². The Morgan fingerprint density at radius 2 is 1.87 bits per heavy atom. The van der Waals surface area contributed by atoms with Crippen molar-refractivity contribution in [2.75, 3.05) is 58.9 Å². The molecule has 3 atom stereocenters. The van der Waals surface area contributed by atoms with E-state index < -0.39 is 11.7 Å². The number of carbonyl (C=O) groups is 2. The number of hydrogen-bond donors (Lipinski definition) is 1. The number of hydrogen-bond acceptors (Lipinski definition) is 6. The molecule has 2 aromatic carbocycles. The Bertz CT molecular complexity index is 1140. The highest BCUT2D eigenvalue weighted by Crippen LogP contribution is 2.27. The SMILES string of the molecule is CO[C@H]1CN(C)C(=O)c2cc(NC(=O)c3ccccc3F)ccc2OC[C@@H](C)N(CC2CCOCC2)C[C@@H]1C. The molecule has 0 bridgehead atoms. The maximum atomic E-state index is 14.1. The minimum atomic E-state index is -0.612. The summed E-state index contributed by atoms with van der Waals surface area (Å²) in [5.74, 6) is -0.255. The highest BCUT2D eigenvalue weighted by molar-refractivity contribution is 6.05. The summed E-state index contributed by atoms with van der Waals surface area (Å²) < 4.78 is 31.8. The summed E-state index contributed by atoms with van der Waals surface area (Å²) in [5.41, 5.74) is 0.640. The van der Waals surface area contributed by atoms with Crippen molar-refractivity contribution in [3.8, 4) is 5.75 Å². The van der Waals surface area contributed by atoms with Crippen LogP contribution in [0.25, 0.3) is 0 Å². The predicted octanol–water partition coefficient (Wildman–Crippen LogP) is 4.31. The number of anilines is 1. The molecule has 0 spiro atoms. The minimum Gasteiger partial charge on any atom is -0.491 e. The van der Waals surface area contributed by atoms with Crippen molar-refractivity contribution < 1.29 is 28.2 Å². The summed E-state index contributed by atoms with van der Waals surface area (Å²) in [4.78, 5) is 30.4. The van der Waals surface area contributed by atoms with Gasteiger partial charge in [0.15, 0.2) is 0 Å². The molecule has 2 amide bonds. The Morgan fingerprint density at radius 3 is 2.59 bits per heavy atom. The van der Waals surface area contributed by atoms with Crippen LogP contribution in [0, 0.1) is 17.7 Å². The number of likely N-dealkylation sites (N-methyl/N-ethyl adjacent to an activating group) is 1. The molecule has 4 rings (SSSR count). The molecule has 2 aliphatic heterocycles. The first-order valence-corrected chi connectivity index (χ1v) is 13.7. The predicted molar refractivity (Wildman–Crippen MR) is 148 cm³/mol. The van der Waals surface area contributed by atoms with Crippen LogP contribution in [0.2, 0.25) is 0 Å². The number of nitrogens with one attached hydrogen (secondary N) is 1. The van der Waals surface area contributed by atoms with Gasteiger partial charge in [0.25, 0.3) is 11.8 Å². The molecule has 0 aliphatic carbocycles. The minimum absolute atomic E-state index is 0.0691. The van der Waals surface area contributed by atoms with Crippen molar-refractivity contribution in [2.24, 2.45) is 11.8 Å². The molecule has 212 valence electrons. The second kappa shape index (κ2) is 13.4. The molecule has 0 radical (unpaired) electrons. The Balaban J connectivity index is 1.60. The maximum absolute atomic E-state index is 14.1. The van der Waals surface area contributed by atoms with Gasteiger partial charge in [-0.25, -0.2) is 4.39 Å². The van der Waals surface area contributed by atoms with Gasteiger partial charge in [-0.15, -0.1) is 0 Å². The summed E-state index contributed by atoms with van der Waals surface area (Å²) in [6.45, 7) is 8.50. The van der Waals surface area contributed by atoms with E-state index in [1.807, 2.05) is 0 Å². The second-order valence-corrected chi connectivity index (χ2v) is 10.8. The second-order valence-electron chi connectivity index (χ2n) is 10.8. The molecule has 2 heterocycles. The summed E-state index contributed by atoms with van der Waals surface area (Å²) in [7, 11) is 3.43. The molecular weight excluding hydrogens is 501 g/mol. The van der Waals surface area contributed by atoms with Crippen LogP contribution in [0.15, 0.2) is 42.5 Å². The fourth-order valence-corrected chi connectivity index (χ4v) is 5.29. The van der Waals surface area contributed by atoms with Gasteiger partial charge in [-0.2, -0.15) is 0 Å². The van der Waals surface area contributed by atoms with E-state index in [1.54, 1.807) is 43.3 Å². The van der Waals surface area contributed by atoms with Crippen LogP contribution in [-0.2, 0) is 9.47 Å². The van der Waals surface area contributed by atoms with E-state index >= 15 is 0 Å². The van der Waals surface area contributed by atoms with Crippen LogP contribution < -0.4 is 10.1 Å². The van der Waals surface area contributed by atoms with Gasteiger partial charge < -0.3 is 24.4 Å². The number of rotatable bonds is 5. The van der Waals surface area contributed by atoms with Crippen LogP contribution in [0.1, 0.15) is 47.4 Å². The van der Waals surface area contributed by atoms with E-state index in [1.165, 1.54) is 18.2 Å². The quantitative estimate of drug-likeness (QED) is 0.608. The molecule has 0 saturated carbocycles. The number of ether oxygens (including phenoxy) is 3. The Kier molecular flexibility index (Phi) is 9.94. The van der Waals surface area contributed by atoms with Crippen molar-refractivity contribution in [1.82, 2.24) is 9.80 Å². The topological polar surface area (TPSA) is 80.3 Å². The Labute approximate surface area is 230 Å². The molecule has 2 aliphatic rings. The first kappa shape index (κ1) is 29.0. The fourth-order valence-electron chi connectivity index (χ4n) is 5.29. The van der Waals surface area contributed by atoms with Gasteiger partial charge in [0, 0.05) is 58.7 Å². The largest absolute Gasteiger partial charge is 0.491 e. The van der Waals surface area contributed by atoms with Gasteiger partial charge in [0.05, 0.1) is 17.2 Å². The lowest BCUT2D eigenvalue weighted by Crippen LogP contribution is -2.48. The lowest BCUT2D eigenvalue weighted by atomic mass is 9.96. The zero-order valence-corrected chi connectivity index (χ0v) is 23.3. The number of fused-ring (bicyclic) bond motifs is 1. The maximum Gasteiger partial charge on any atom is 0.258 e. The van der Waals surface area contributed by atoms with Crippen molar-refractivity contribution in [1.29, 1.82) is 0 Å². The van der Waals surface area contributed by atoms with E-state index in [2.05, 4.69) is 24.1 Å². The average Bonchev–Trinajstić information content (AvgIpc) is 2.94. The molecule has 1 N–H and O–H groups in total. The molecule has 9 heteroatoms. The van der Waals surface area contributed by atoms with Crippen molar-refractivity contribution in [3.05, 3.63) is 59.4 Å². The van der Waals surface area contributed by atoms with E-state index in [-0.39, 0.29) is 29.5 Å². The monoisotopic (exact) mass is 541 g/mol. The Morgan fingerprint density at radius 1 is 1.13 bits per heavy atom. The zero-order valence-electron chi connectivity index (χ0n) is 23.3. The van der Waals surface area contributed by atoms with Gasteiger partial charge >= 0.3 is 0 Å². The van der Waals surface area contributed by atoms with Crippen LogP contribution >= 0.6 is 0 Å². The third-order valence-corrected chi connectivity index (χ3v) is 7.78. The lowest BCUT2D eigenvalue weighted by molar-refractivity contribution is 0.0000222. The third kappa shape index (κ3) is 7.35. The van der Waals surface area contributed by atoms with E-state index in [9.17, 15) is 14.0 Å². The van der Waals surface area contributed by atoms with Crippen LogP contribution in [0.3, 0.4) is 0 Å². The van der Waals surface area contributed by atoms with Gasteiger partial charge in [-0.3, -0.25) is 14.5 Å². The molecule has 1 saturated heterocycles. The molecular formula is C30H40FN3O5. The van der Waals surface area contributed by atoms with Crippen LogP contribution in [0.4, 0.5) is 10.1 Å². The highest BCUT2D eigenvalue weighted by atomic mass is 19.1. The van der Waals surface area contributed by atoms with E-state index in [4.69, 9.17) is 14.2 Å². The first-order valence-electron chi connectivity index (χ1n) is 13.7. The molecule has 0 unspecified atom stereocenters.